The van der Waals surface area contributed by atoms with Crippen LogP contribution in [0.25, 0.3) is 0 Å². The van der Waals surface area contributed by atoms with Gasteiger partial charge in [-0.25, -0.2) is 0 Å². The minimum Gasteiger partial charge on any atom is -0.406 e. The summed E-state index contributed by atoms with van der Waals surface area (Å²) in [6, 6.07) is 4.99. The molecule has 0 bridgehead atoms. The van der Waals surface area contributed by atoms with E-state index in [2.05, 4.69) is 9.84 Å². The Morgan fingerprint density at radius 1 is 1.35 bits per heavy atom. The summed E-state index contributed by atoms with van der Waals surface area (Å²) in [6.07, 6.45) is -2.37. The number of hydrogen-bond donors (Lipinski definition) is 0. The van der Waals surface area contributed by atoms with E-state index in [0.29, 0.717) is 30.6 Å². The van der Waals surface area contributed by atoms with E-state index in [1.54, 1.807) is 0 Å². The minimum absolute atomic E-state index is 0.214. The third-order valence-electron chi connectivity index (χ3n) is 3.82. The maximum Gasteiger partial charge on any atom is 0.573 e. The van der Waals surface area contributed by atoms with Gasteiger partial charge in [0.25, 0.3) is 5.91 Å². The molecule has 2 heterocycles. The number of rotatable bonds is 4. The maximum atomic E-state index is 12.5. The van der Waals surface area contributed by atoms with Gasteiger partial charge in [0.05, 0.1) is 17.4 Å². The summed E-state index contributed by atoms with van der Waals surface area (Å²) in [5, 5.41) is 14.3. The fraction of sp³-hybridized carbons (Fsp3) is 0.333. The third-order valence-corrected chi connectivity index (χ3v) is 3.82. The summed E-state index contributed by atoms with van der Waals surface area (Å²) in [5.41, 5.74) is 1.07. The number of alkyl halides is 3. The van der Waals surface area contributed by atoms with Crippen LogP contribution in [-0.4, -0.2) is 33.5 Å². The van der Waals surface area contributed by atoms with Crippen LogP contribution in [0.2, 0.25) is 0 Å². The molecular formula is C15H13F3N4O4. The summed E-state index contributed by atoms with van der Waals surface area (Å²) < 4.78 is 42.1. The van der Waals surface area contributed by atoms with Gasteiger partial charge in [-0.3, -0.25) is 4.79 Å². The van der Waals surface area contributed by atoms with Crippen LogP contribution >= 0.6 is 0 Å². The number of aryl methyl sites for hydroxylation is 1. The molecule has 0 saturated carbocycles. The van der Waals surface area contributed by atoms with Gasteiger partial charge in [-0.05, 0) is 41.5 Å². The van der Waals surface area contributed by atoms with Gasteiger partial charge < -0.3 is 19.8 Å². The first kappa shape index (κ1) is 17.7. The molecule has 3 rings (SSSR count). The summed E-state index contributed by atoms with van der Waals surface area (Å²) in [6.45, 7) is 0.183. The van der Waals surface area contributed by atoms with Crippen LogP contribution in [0.15, 0.2) is 30.5 Å². The van der Waals surface area contributed by atoms with E-state index in [9.17, 15) is 28.1 Å². The van der Waals surface area contributed by atoms with Gasteiger partial charge in [0, 0.05) is 12.2 Å². The van der Waals surface area contributed by atoms with E-state index in [0.717, 1.165) is 10.7 Å². The zero-order valence-corrected chi connectivity index (χ0v) is 13.3. The Morgan fingerprint density at radius 3 is 2.77 bits per heavy atom. The molecule has 1 aliphatic heterocycles. The number of ether oxygens (including phenoxy) is 1. The normalized spacial score (nSPS) is 14.0. The predicted octanol–water partition coefficient (Wildman–Crippen LogP) is 2.67. The van der Waals surface area contributed by atoms with Crippen molar-refractivity contribution in [2.24, 2.45) is 0 Å². The Balaban J connectivity index is 1.77. The van der Waals surface area contributed by atoms with Crippen LogP contribution in [-0.2, 0) is 17.8 Å². The van der Waals surface area contributed by atoms with Gasteiger partial charge in [0.15, 0.2) is 0 Å². The molecule has 0 atom stereocenters. The molecule has 0 unspecified atom stereocenters. The number of nitrogens with zero attached hydrogens (tertiary/aromatic N) is 4. The lowest BCUT2D eigenvalue weighted by molar-refractivity contribution is -0.389. The van der Waals surface area contributed by atoms with Gasteiger partial charge in [0.2, 0.25) is 0 Å². The molecule has 1 aliphatic rings. The van der Waals surface area contributed by atoms with Crippen LogP contribution in [0.1, 0.15) is 12.0 Å². The molecule has 0 saturated heterocycles. The molecule has 138 valence electrons. The number of anilines is 1. The molecule has 0 spiro atoms. The zero-order valence-electron chi connectivity index (χ0n) is 13.3. The molecule has 26 heavy (non-hydrogen) atoms. The summed E-state index contributed by atoms with van der Waals surface area (Å²) in [5.74, 6) is -1.08. The smallest absolute Gasteiger partial charge is 0.406 e. The Hall–Kier alpha value is -3.11. The maximum absolute atomic E-state index is 12.5. The Labute approximate surface area is 144 Å². The van der Waals surface area contributed by atoms with Gasteiger partial charge in [-0.2, -0.15) is 4.68 Å². The minimum atomic E-state index is -4.78. The van der Waals surface area contributed by atoms with Crippen LogP contribution in [0.3, 0.4) is 0 Å². The highest BCUT2D eigenvalue weighted by Gasteiger charge is 2.32. The number of halogens is 3. The highest BCUT2D eigenvalue weighted by atomic mass is 19.4. The van der Waals surface area contributed by atoms with Crippen molar-refractivity contribution in [3.05, 3.63) is 46.1 Å². The highest BCUT2D eigenvalue weighted by Crippen LogP contribution is 2.32. The van der Waals surface area contributed by atoms with Gasteiger partial charge in [-0.1, -0.05) is 0 Å². The van der Waals surface area contributed by atoms with E-state index in [-0.39, 0.29) is 24.0 Å². The first-order valence-electron chi connectivity index (χ1n) is 7.60. The number of aromatic nitrogens is 2. The molecular weight excluding hydrogens is 357 g/mol. The number of carbonyl (C=O) groups excluding carboxylic acids is 1. The zero-order chi connectivity index (χ0) is 18.9. The average Bonchev–Trinajstić information content (AvgIpc) is 3.01. The van der Waals surface area contributed by atoms with E-state index in [1.807, 2.05) is 0 Å². The number of hydrogen-bond acceptors (Lipinski definition) is 5. The lowest BCUT2D eigenvalue weighted by Crippen LogP contribution is -2.37. The third kappa shape index (κ3) is 3.92. The molecule has 0 aliphatic carbocycles. The van der Waals surface area contributed by atoms with Crippen molar-refractivity contribution < 1.29 is 27.6 Å². The van der Waals surface area contributed by atoms with Crippen LogP contribution < -0.4 is 9.64 Å². The van der Waals surface area contributed by atoms with Crippen molar-refractivity contribution in [2.45, 2.75) is 25.7 Å². The quantitative estimate of drug-likeness (QED) is 0.610. The van der Waals surface area contributed by atoms with Crippen LogP contribution in [0, 0.1) is 10.1 Å². The van der Waals surface area contributed by atoms with E-state index in [1.165, 1.54) is 29.3 Å². The topological polar surface area (TPSA) is 90.5 Å². The summed E-state index contributed by atoms with van der Waals surface area (Å²) >= 11 is 0. The molecule has 0 radical (unpaired) electrons. The Morgan fingerprint density at radius 2 is 2.12 bits per heavy atom. The van der Waals surface area contributed by atoms with Crippen LogP contribution in [0.4, 0.5) is 24.7 Å². The fourth-order valence-corrected chi connectivity index (χ4v) is 2.79. The molecule has 8 nitrogen and oxygen atoms in total. The molecule has 0 N–H and O–H groups in total. The number of carbonyl (C=O) groups is 1. The van der Waals surface area contributed by atoms with Gasteiger partial charge >= 0.3 is 12.2 Å². The fourth-order valence-electron chi connectivity index (χ4n) is 2.79. The van der Waals surface area contributed by atoms with Crippen molar-refractivity contribution in [3.8, 4) is 5.75 Å². The Kier molecular flexibility index (Phi) is 4.53. The van der Waals surface area contributed by atoms with Gasteiger partial charge in [-0.15, -0.1) is 13.2 Å². The number of nitro groups is 1. The lowest BCUT2D eigenvalue weighted by Gasteiger charge is -2.29. The van der Waals surface area contributed by atoms with Crippen molar-refractivity contribution in [2.75, 3.05) is 11.4 Å². The summed E-state index contributed by atoms with van der Waals surface area (Å²) in [4.78, 5) is 23.9. The molecule has 11 heteroatoms. The molecule has 1 aromatic carbocycles. The molecule has 0 fully saturated rings. The first-order chi connectivity index (χ1) is 12.2. The second kappa shape index (κ2) is 6.65. The van der Waals surface area contributed by atoms with Crippen molar-refractivity contribution in [1.82, 2.24) is 9.78 Å². The van der Waals surface area contributed by atoms with Crippen molar-refractivity contribution in [3.63, 3.8) is 0 Å². The van der Waals surface area contributed by atoms with E-state index >= 15 is 0 Å². The highest BCUT2D eigenvalue weighted by molar-refractivity contribution is 5.94. The monoisotopic (exact) mass is 370 g/mol. The predicted molar refractivity (Wildman–Crippen MR) is 82.7 cm³/mol. The first-order valence-corrected chi connectivity index (χ1v) is 7.60. The van der Waals surface area contributed by atoms with E-state index < -0.39 is 11.3 Å². The average molecular weight is 370 g/mol. The number of fused-ring (bicyclic) bond motifs is 1. The van der Waals surface area contributed by atoms with Gasteiger partial charge in [0.1, 0.15) is 12.3 Å². The molecule has 1 aromatic heterocycles. The standard InChI is InChI=1S/C15H13F3N4O4/c16-15(17,18)26-11-3-4-12-10(8-11)2-1-6-21(12)14(23)9-20-7-5-13(19-20)22(24)25/h3-5,7-8H,1-2,6,9H2. The van der Waals surface area contributed by atoms with Crippen LogP contribution in [0.5, 0.6) is 5.75 Å². The number of benzene rings is 1. The molecule has 2 aromatic rings. The van der Waals surface area contributed by atoms with Crippen molar-refractivity contribution in [1.29, 1.82) is 0 Å². The number of amides is 1. The second-order valence-electron chi connectivity index (χ2n) is 5.62. The summed E-state index contributed by atoms with van der Waals surface area (Å²) in [7, 11) is 0. The van der Waals surface area contributed by atoms with Crippen molar-refractivity contribution >= 4 is 17.4 Å². The largest absolute Gasteiger partial charge is 0.573 e. The molecule has 1 amide bonds. The Bertz CT molecular complexity index is 850. The SMILES string of the molecule is O=C(Cn1ccc([N+](=O)[O-])n1)N1CCCc2cc(OC(F)(F)F)ccc21. The second-order valence-corrected chi connectivity index (χ2v) is 5.62. The lowest BCUT2D eigenvalue weighted by atomic mass is 10.0. The van der Waals surface area contributed by atoms with E-state index in [4.69, 9.17) is 0 Å².